The number of aromatic nitrogens is 2. The Morgan fingerprint density at radius 1 is 1.53 bits per heavy atom. The Morgan fingerprint density at radius 2 is 2.33 bits per heavy atom. The van der Waals surface area contributed by atoms with Gasteiger partial charge in [0.25, 0.3) is 0 Å². The molecule has 0 fully saturated rings. The lowest BCUT2D eigenvalue weighted by Crippen LogP contribution is -2.13. The van der Waals surface area contributed by atoms with E-state index in [0.29, 0.717) is 30.8 Å². The zero-order valence-corrected chi connectivity index (χ0v) is 9.40. The van der Waals surface area contributed by atoms with Crippen molar-refractivity contribution < 1.29 is 9.26 Å². The molecule has 5 nitrogen and oxygen atoms in total. The molecule has 1 unspecified atom stereocenters. The Morgan fingerprint density at radius 3 is 3.00 bits per heavy atom. The van der Waals surface area contributed by atoms with Crippen molar-refractivity contribution in [1.82, 2.24) is 10.1 Å². The van der Waals surface area contributed by atoms with E-state index in [9.17, 15) is 0 Å². The Hall–Kier alpha value is -0.940. The summed E-state index contributed by atoms with van der Waals surface area (Å²) in [5.74, 6) is 1.63. The highest BCUT2D eigenvalue weighted by Gasteiger charge is 2.09. The molecule has 1 heterocycles. The summed E-state index contributed by atoms with van der Waals surface area (Å²) in [6.45, 7) is 5.89. The summed E-state index contributed by atoms with van der Waals surface area (Å²) >= 11 is 0. The van der Waals surface area contributed by atoms with E-state index < -0.39 is 0 Å². The van der Waals surface area contributed by atoms with Crippen molar-refractivity contribution in [2.45, 2.75) is 33.3 Å². The normalized spacial score (nSPS) is 13.0. The number of hydrogen-bond acceptors (Lipinski definition) is 5. The van der Waals surface area contributed by atoms with Gasteiger partial charge >= 0.3 is 0 Å². The van der Waals surface area contributed by atoms with Gasteiger partial charge in [0.15, 0.2) is 5.82 Å². The summed E-state index contributed by atoms with van der Waals surface area (Å²) in [5.41, 5.74) is 5.51. The fraction of sp³-hybridized carbons (Fsp3) is 0.800. The largest absolute Gasteiger partial charge is 0.373 e. The number of rotatable bonds is 7. The van der Waals surface area contributed by atoms with Gasteiger partial charge < -0.3 is 15.0 Å². The maximum absolute atomic E-state index is 5.51. The van der Waals surface area contributed by atoms with Gasteiger partial charge in [0.1, 0.15) is 6.61 Å². The second-order valence-electron chi connectivity index (χ2n) is 3.70. The fourth-order valence-corrected chi connectivity index (χ4v) is 1.12. The molecule has 0 aliphatic rings. The van der Waals surface area contributed by atoms with Crippen LogP contribution in [0.1, 0.15) is 32.0 Å². The van der Waals surface area contributed by atoms with Gasteiger partial charge in [-0.1, -0.05) is 19.0 Å². The van der Waals surface area contributed by atoms with Crippen LogP contribution in [-0.4, -0.2) is 23.3 Å². The summed E-state index contributed by atoms with van der Waals surface area (Å²) in [7, 11) is 0. The SMILES string of the molecule is CCCOCc1noc(CC(C)CN)n1. The van der Waals surface area contributed by atoms with Gasteiger partial charge in [-0.15, -0.1) is 0 Å². The molecule has 0 bridgehead atoms. The van der Waals surface area contributed by atoms with E-state index in [1.807, 2.05) is 0 Å². The van der Waals surface area contributed by atoms with Gasteiger partial charge in [0, 0.05) is 13.0 Å². The Kier molecular flexibility index (Phi) is 5.28. The van der Waals surface area contributed by atoms with Crippen LogP contribution in [0.3, 0.4) is 0 Å². The average molecular weight is 213 g/mol. The van der Waals surface area contributed by atoms with Crippen molar-refractivity contribution >= 4 is 0 Å². The first-order valence-electron chi connectivity index (χ1n) is 5.35. The molecule has 0 spiro atoms. The van der Waals surface area contributed by atoms with E-state index in [-0.39, 0.29) is 0 Å². The lowest BCUT2D eigenvalue weighted by Gasteiger charge is -2.01. The number of nitrogens with zero attached hydrogens (tertiary/aromatic N) is 2. The molecule has 0 radical (unpaired) electrons. The minimum Gasteiger partial charge on any atom is -0.373 e. The molecule has 0 aliphatic carbocycles. The maximum Gasteiger partial charge on any atom is 0.227 e. The molecule has 5 heteroatoms. The average Bonchev–Trinajstić information content (AvgIpc) is 2.66. The Balaban J connectivity index is 2.35. The minimum atomic E-state index is 0.370. The summed E-state index contributed by atoms with van der Waals surface area (Å²) in [5, 5.41) is 3.82. The summed E-state index contributed by atoms with van der Waals surface area (Å²) in [6, 6.07) is 0. The van der Waals surface area contributed by atoms with Gasteiger partial charge in [-0.3, -0.25) is 0 Å². The minimum absolute atomic E-state index is 0.370. The lowest BCUT2D eigenvalue weighted by atomic mass is 10.1. The van der Waals surface area contributed by atoms with Crippen LogP contribution in [0.15, 0.2) is 4.52 Å². The summed E-state index contributed by atoms with van der Waals surface area (Å²) in [4.78, 5) is 4.21. The van der Waals surface area contributed by atoms with Gasteiger partial charge in [0.05, 0.1) is 0 Å². The Bertz CT molecular complexity index is 275. The van der Waals surface area contributed by atoms with Crippen LogP contribution < -0.4 is 5.73 Å². The highest BCUT2D eigenvalue weighted by molar-refractivity contribution is 4.86. The van der Waals surface area contributed by atoms with Crippen molar-refractivity contribution in [3.63, 3.8) is 0 Å². The molecule has 1 aromatic heterocycles. The van der Waals surface area contributed by atoms with Gasteiger partial charge in [-0.2, -0.15) is 4.98 Å². The first-order valence-corrected chi connectivity index (χ1v) is 5.35. The molecule has 0 aromatic carbocycles. The lowest BCUT2D eigenvalue weighted by molar-refractivity contribution is 0.114. The van der Waals surface area contributed by atoms with Crippen LogP contribution in [0.2, 0.25) is 0 Å². The monoisotopic (exact) mass is 213 g/mol. The van der Waals surface area contributed by atoms with Crippen LogP contribution >= 0.6 is 0 Å². The van der Waals surface area contributed by atoms with Crippen molar-refractivity contribution in [1.29, 1.82) is 0 Å². The molecular formula is C10H19N3O2. The van der Waals surface area contributed by atoms with Crippen LogP contribution in [0.4, 0.5) is 0 Å². The zero-order chi connectivity index (χ0) is 11.1. The molecule has 0 saturated heterocycles. The molecule has 1 atom stereocenters. The predicted molar refractivity (Wildman–Crippen MR) is 56.2 cm³/mol. The standard InChI is InChI=1S/C10H19N3O2/c1-3-4-14-7-9-12-10(15-13-9)5-8(2)6-11/h8H,3-7,11H2,1-2H3. The van der Waals surface area contributed by atoms with E-state index in [2.05, 4.69) is 24.0 Å². The molecule has 0 amide bonds. The van der Waals surface area contributed by atoms with Crippen LogP contribution in [0.5, 0.6) is 0 Å². The smallest absolute Gasteiger partial charge is 0.227 e. The van der Waals surface area contributed by atoms with E-state index in [0.717, 1.165) is 19.4 Å². The number of hydrogen-bond donors (Lipinski definition) is 1. The maximum atomic E-state index is 5.51. The van der Waals surface area contributed by atoms with Crippen molar-refractivity contribution in [3.8, 4) is 0 Å². The van der Waals surface area contributed by atoms with Crippen LogP contribution in [0.25, 0.3) is 0 Å². The number of ether oxygens (including phenoxy) is 1. The molecule has 1 aromatic rings. The molecule has 0 saturated carbocycles. The molecule has 15 heavy (non-hydrogen) atoms. The van der Waals surface area contributed by atoms with E-state index in [4.69, 9.17) is 15.0 Å². The van der Waals surface area contributed by atoms with Gasteiger partial charge in [0.2, 0.25) is 5.89 Å². The predicted octanol–water partition coefficient (Wildman–Crippen LogP) is 1.13. The van der Waals surface area contributed by atoms with E-state index >= 15 is 0 Å². The van der Waals surface area contributed by atoms with Crippen LogP contribution in [0, 0.1) is 5.92 Å². The molecule has 1 rings (SSSR count). The first kappa shape index (κ1) is 12.1. The third-order valence-corrected chi connectivity index (χ3v) is 2.02. The van der Waals surface area contributed by atoms with Gasteiger partial charge in [-0.25, -0.2) is 0 Å². The van der Waals surface area contributed by atoms with E-state index in [1.54, 1.807) is 0 Å². The zero-order valence-electron chi connectivity index (χ0n) is 9.40. The van der Waals surface area contributed by atoms with E-state index in [1.165, 1.54) is 0 Å². The second kappa shape index (κ2) is 6.53. The molecule has 0 aliphatic heterocycles. The molecule has 2 N–H and O–H groups in total. The third kappa shape index (κ3) is 4.40. The van der Waals surface area contributed by atoms with Crippen molar-refractivity contribution in [3.05, 3.63) is 11.7 Å². The second-order valence-corrected chi connectivity index (χ2v) is 3.70. The highest BCUT2D eigenvalue weighted by Crippen LogP contribution is 2.05. The quantitative estimate of drug-likeness (QED) is 0.687. The highest BCUT2D eigenvalue weighted by atomic mass is 16.5. The number of nitrogens with two attached hydrogens (primary N) is 1. The summed E-state index contributed by atoms with van der Waals surface area (Å²) in [6.07, 6.45) is 1.73. The van der Waals surface area contributed by atoms with Gasteiger partial charge in [-0.05, 0) is 18.9 Å². The van der Waals surface area contributed by atoms with Crippen LogP contribution in [-0.2, 0) is 17.8 Å². The van der Waals surface area contributed by atoms with Crippen molar-refractivity contribution in [2.75, 3.05) is 13.2 Å². The molecular weight excluding hydrogens is 194 g/mol. The fourth-order valence-electron chi connectivity index (χ4n) is 1.12. The summed E-state index contributed by atoms with van der Waals surface area (Å²) < 4.78 is 10.4. The topological polar surface area (TPSA) is 74.2 Å². The van der Waals surface area contributed by atoms with Crippen molar-refractivity contribution in [2.24, 2.45) is 11.7 Å². The first-order chi connectivity index (χ1) is 7.26. The Labute approximate surface area is 90.0 Å². The molecule has 86 valence electrons. The third-order valence-electron chi connectivity index (χ3n) is 2.02.